The Morgan fingerprint density at radius 3 is 2.64 bits per heavy atom. The van der Waals surface area contributed by atoms with Gasteiger partial charge < -0.3 is 20.1 Å². The summed E-state index contributed by atoms with van der Waals surface area (Å²) in [5, 5.41) is 17.1. The molecule has 0 saturated carbocycles. The molecule has 28 heavy (non-hydrogen) atoms. The van der Waals surface area contributed by atoms with Gasteiger partial charge in [0.25, 0.3) is 0 Å². The highest BCUT2D eigenvalue weighted by atomic mass is 32.1. The molecule has 3 heterocycles. The van der Waals surface area contributed by atoms with E-state index in [0.717, 1.165) is 23.2 Å². The summed E-state index contributed by atoms with van der Waals surface area (Å²) in [5.41, 5.74) is 0.915. The van der Waals surface area contributed by atoms with Gasteiger partial charge in [0, 0.05) is 26.0 Å². The molecule has 0 aliphatic carbocycles. The fourth-order valence-electron chi connectivity index (χ4n) is 2.49. The lowest BCUT2D eigenvalue weighted by molar-refractivity contribution is 0.714. The topological polar surface area (TPSA) is 83.3 Å². The summed E-state index contributed by atoms with van der Waals surface area (Å²) in [7, 11) is 5.92. The van der Waals surface area contributed by atoms with Crippen molar-refractivity contribution < 1.29 is 0 Å². The van der Waals surface area contributed by atoms with Crippen LogP contribution in [0.15, 0.2) is 40.7 Å². The van der Waals surface area contributed by atoms with Crippen LogP contribution in [0.2, 0.25) is 0 Å². The lowest BCUT2D eigenvalue weighted by Crippen LogP contribution is -2.37. The van der Waals surface area contributed by atoms with E-state index in [-0.39, 0.29) is 0 Å². The summed E-state index contributed by atoms with van der Waals surface area (Å²) < 4.78 is 1.96. The van der Waals surface area contributed by atoms with Gasteiger partial charge in [-0.2, -0.15) is 0 Å². The molecule has 0 fully saturated rings. The molecule has 3 aromatic heterocycles. The number of hydrogen-bond acceptors (Lipinski definition) is 6. The van der Waals surface area contributed by atoms with Crippen LogP contribution in [-0.4, -0.2) is 39.8 Å². The Kier molecular flexibility index (Phi) is 6.59. The lowest BCUT2D eigenvalue weighted by atomic mass is 10.3. The van der Waals surface area contributed by atoms with Crippen LogP contribution in [0.5, 0.6) is 0 Å². The fourth-order valence-corrected chi connectivity index (χ4v) is 3.13. The standard InChI is InChI=1S/C19H26N8S/c1-14-24-25-18(27(14)4)13-22-19(21-12-16-8-6-10-28-16)20-11-15-7-5-9-17(23-15)26(2)3/h5-10H,11-13H2,1-4H3,(H2,20,21,22). The van der Waals surface area contributed by atoms with Crippen LogP contribution in [0.4, 0.5) is 5.82 Å². The highest BCUT2D eigenvalue weighted by Crippen LogP contribution is 2.09. The zero-order chi connectivity index (χ0) is 19.9. The quantitative estimate of drug-likeness (QED) is 0.468. The molecular formula is C19H26N8S. The van der Waals surface area contributed by atoms with Crippen molar-refractivity contribution >= 4 is 23.1 Å². The molecule has 0 aliphatic heterocycles. The van der Waals surface area contributed by atoms with Crippen LogP contribution >= 0.6 is 11.3 Å². The molecule has 0 aromatic carbocycles. The van der Waals surface area contributed by atoms with Crippen molar-refractivity contribution in [3.63, 3.8) is 0 Å². The number of nitrogens with zero attached hydrogens (tertiary/aromatic N) is 6. The third-order valence-electron chi connectivity index (χ3n) is 4.26. The van der Waals surface area contributed by atoms with Crippen LogP contribution in [-0.2, 0) is 26.7 Å². The van der Waals surface area contributed by atoms with Gasteiger partial charge in [-0.15, -0.1) is 21.5 Å². The van der Waals surface area contributed by atoms with Crippen LogP contribution < -0.4 is 15.5 Å². The Hall–Kier alpha value is -2.94. The zero-order valence-corrected chi connectivity index (χ0v) is 17.5. The minimum Gasteiger partial charge on any atom is -0.363 e. The van der Waals surface area contributed by atoms with Crippen LogP contribution in [0.25, 0.3) is 0 Å². The number of guanidine groups is 1. The van der Waals surface area contributed by atoms with E-state index in [4.69, 9.17) is 4.99 Å². The Morgan fingerprint density at radius 1 is 1.14 bits per heavy atom. The Morgan fingerprint density at radius 2 is 1.96 bits per heavy atom. The molecular weight excluding hydrogens is 372 g/mol. The SMILES string of the molecule is Cc1nnc(CNC(=NCc2cccc(N(C)C)n2)NCc2cccs2)n1C. The van der Waals surface area contributed by atoms with Gasteiger partial charge in [-0.3, -0.25) is 0 Å². The first-order valence-electron chi connectivity index (χ1n) is 9.05. The number of aliphatic imine (C=N–C) groups is 1. The Bertz CT molecular complexity index is 914. The highest BCUT2D eigenvalue weighted by molar-refractivity contribution is 7.09. The summed E-state index contributed by atoms with van der Waals surface area (Å²) in [6.07, 6.45) is 0. The van der Waals surface area contributed by atoms with E-state index in [9.17, 15) is 0 Å². The van der Waals surface area contributed by atoms with Gasteiger partial charge >= 0.3 is 0 Å². The van der Waals surface area contributed by atoms with E-state index in [1.165, 1.54) is 4.88 Å². The van der Waals surface area contributed by atoms with E-state index in [1.54, 1.807) is 11.3 Å². The second-order valence-electron chi connectivity index (χ2n) is 6.56. The van der Waals surface area contributed by atoms with Crippen molar-refractivity contribution in [2.24, 2.45) is 12.0 Å². The third-order valence-corrected chi connectivity index (χ3v) is 5.13. The van der Waals surface area contributed by atoms with Gasteiger partial charge in [0.05, 0.1) is 25.3 Å². The first-order chi connectivity index (χ1) is 13.5. The van der Waals surface area contributed by atoms with Crippen LogP contribution in [0.1, 0.15) is 22.2 Å². The molecule has 0 saturated heterocycles. The number of thiophene rings is 1. The van der Waals surface area contributed by atoms with Crippen molar-refractivity contribution in [2.75, 3.05) is 19.0 Å². The molecule has 9 heteroatoms. The molecule has 0 atom stereocenters. The minimum absolute atomic E-state index is 0.485. The summed E-state index contributed by atoms with van der Waals surface area (Å²) >= 11 is 1.72. The summed E-state index contributed by atoms with van der Waals surface area (Å²) in [6.45, 7) is 3.68. The van der Waals surface area contributed by atoms with Gasteiger partial charge in [0.1, 0.15) is 11.6 Å². The molecule has 3 aromatic rings. The summed E-state index contributed by atoms with van der Waals surface area (Å²) in [6, 6.07) is 10.1. The maximum atomic E-state index is 4.71. The van der Waals surface area contributed by atoms with E-state index in [0.29, 0.717) is 25.6 Å². The Labute approximate surface area is 169 Å². The van der Waals surface area contributed by atoms with E-state index >= 15 is 0 Å². The van der Waals surface area contributed by atoms with Crippen molar-refractivity contribution in [3.05, 3.63) is 57.9 Å². The molecule has 0 unspecified atom stereocenters. The molecule has 0 amide bonds. The largest absolute Gasteiger partial charge is 0.363 e. The van der Waals surface area contributed by atoms with Crippen molar-refractivity contribution in [1.29, 1.82) is 0 Å². The number of hydrogen-bond donors (Lipinski definition) is 2. The minimum atomic E-state index is 0.485. The molecule has 8 nitrogen and oxygen atoms in total. The average Bonchev–Trinajstić information content (AvgIpc) is 3.32. The monoisotopic (exact) mass is 398 g/mol. The predicted octanol–water partition coefficient (Wildman–Crippen LogP) is 2.08. The van der Waals surface area contributed by atoms with Gasteiger partial charge in [-0.05, 0) is 30.5 Å². The fraction of sp³-hybridized carbons (Fsp3) is 0.368. The van der Waals surface area contributed by atoms with Gasteiger partial charge in [-0.25, -0.2) is 9.98 Å². The first-order valence-corrected chi connectivity index (χ1v) is 9.93. The second-order valence-corrected chi connectivity index (χ2v) is 7.59. The Balaban J connectivity index is 1.69. The van der Waals surface area contributed by atoms with Crippen molar-refractivity contribution in [2.45, 2.75) is 26.6 Å². The first kappa shape index (κ1) is 19.8. The van der Waals surface area contributed by atoms with Gasteiger partial charge in [0.15, 0.2) is 11.8 Å². The number of pyridine rings is 1. The highest BCUT2D eigenvalue weighted by Gasteiger charge is 2.07. The number of aromatic nitrogens is 4. The molecule has 3 rings (SSSR count). The van der Waals surface area contributed by atoms with Crippen molar-refractivity contribution in [1.82, 2.24) is 30.4 Å². The number of anilines is 1. The number of aryl methyl sites for hydroxylation is 1. The molecule has 0 aliphatic rings. The predicted molar refractivity (Wildman–Crippen MR) is 113 cm³/mol. The number of nitrogens with one attached hydrogen (secondary N) is 2. The third kappa shape index (κ3) is 5.29. The molecule has 0 radical (unpaired) electrons. The molecule has 148 valence electrons. The van der Waals surface area contributed by atoms with E-state index in [2.05, 4.69) is 37.3 Å². The average molecular weight is 399 g/mol. The smallest absolute Gasteiger partial charge is 0.192 e. The van der Waals surface area contributed by atoms with E-state index in [1.807, 2.05) is 61.8 Å². The molecule has 2 N–H and O–H groups in total. The second kappa shape index (κ2) is 9.32. The molecule has 0 bridgehead atoms. The summed E-state index contributed by atoms with van der Waals surface area (Å²) in [5.74, 6) is 3.37. The maximum Gasteiger partial charge on any atom is 0.192 e. The maximum absolute atomic E-state index is 4.71. The van der Waals surface area contributed by atoms with Crippen molar-refractivity contribution in [3.8, 4) is 0 Å². The normalized spacial score (nSPS) is 11.5. The lowest BCUT2D eigenvalue weighted by Gasteiger charge is -2.13. The molecule has 0 spiro atoms. The van der Waals surface area contributed by atoms with Crippen LogP contribution in [0, 0.1) is 6.92 Å². The number of rotatable bonds is 7. The summed E-state index contributed by atoms with van der Waals surface area (Å²) in [4.78, 5) is 12.6. The zero-order valence-electron chi connectivity index (χ0n) is 16.7. The van der Waals surface area contributed by atoms with Gasteiger partial charge in [-0.1, -0.05) is 12.1 Å². The van der Waals surface area contributed by atoms with Crippen LogP contribution in [0.3, 0.4) is 0 Å². The van der Waals surface area contributed by atoms with Gasteiger partial charge in [0.2, 0.25) is 0 Å². The van der Waals surface area contributed by atoms with E-state index < -0.39 is 0 Å².